The van der Waals surface area contributed by atoms with Gasteiger partial charge in [0.05, 0.1) is 11.6 Å². The van der Waals surface area contributed by atoms with Gasteiger partial charge in [-0.15, -0.1) is 10.2 Å². The van der Waals surface area contributed by atoms with Crippen LogP contribution in [0, 0.1) is 12.0 Å². The van der Waals surface area contributed by atoms with Gasteiger partial charge in [0, 0.05) is 41.2 Å². The average Bonchev–Trinajstić information content (AvgIpc) is 3.40. The van der Waals surface area contributed by atoms with E-state index in [1.54, 1.807) is 23.0 Å². The zero-order chi connectivity index (χ0) is 26.6. The van der Waals surface area contributed by atoms with Gasteiger partial charge in [-0.2, -0.15) is 0 Å². The van der Waals surface area contributed by atoms with Crippen molar-refractivity contribution in [1.82, 2.24) is 29.6 Å². The van der Waals surface area contributed by atoms with Crippen LogP contribution in [0.1, 0.15) is 41.3 Å². The van der Waals surface area contributed by atoms with Gasteiger partial charge in [-0.25, -0.2) is 14.5 Å². The third-order valence-corrected chi connectivity index (χ3v) is 8.03. The van der Waals surface area contributed by atoms with E-state index in [2.05, 4.69) is 93.6 Å². The van der Waals surface area contributed by atoms with Crippen LogP contribution in [0.2, 0.25) is 0 Å². The maximum atomic E-state index is 6.77. The number of rotatable bonds is 5. The fraction of sp³-hybridized carbons (Fsp3) is 0.258. The number of dihydropyridines is 1. The van der Waals surface area contributed by atoms with Crippen molar-refractivity contribution < 1.29 is 0 Å². The minimum Gasteiger partial charge on any atom is -0.321 e. The van der Waals surface area contributed by atoms with Crippen LogP contribution in [-0.2, 0) is 5.54 Å². The number of benzene rings is 2. The van der Waals surface area contributed by atoms with E-state index < -0.39 is 0 Å². The zero-order valence-electron chi connectivity index (χ0n) is 21.9. The molecule has 2 N–H and O–H groups in total. The molecule has 0 amide bonds. The Morgan fingerprint density at radius 2 is 1.67 bits per heavy atom. The highest BCUT2D eigenvalue weighted by atomic mass is 15.3. The summed E-state index contributed by atoms with van der Waals surface area (Å²) in [5.74, 6) is 4.98. The first-order chi connectivity index (χ1) is 19.0. The van der Waals surface area contributed by atoms with E-state index in [9.17, 15) is 0 Å². The highest BCUT2D eigenvalue weighted by Crippen LogP contribution is 2.42. The number of aromatic nitrogens is 5. The summed E-state index contributed by atoms with van der Waals surface area (Å²) >= 11 is 0. The predicted molar refractivity (Wildman–Crippen MR) is 151 cm³/mol. The minimum absolute atomic E-state index is 0.139. The second-order valence-corrected chi connectivity index (χ2v) is 10.7. The Balaban J connectivity index is 1.27. The summed E-state index contributed by atoms with van der Waals surface area (Å²) in [5.41, 5.74) is 11.8. The number of fused-ring (bicyclic) bond motifs is 3. The van der Waals surface area contributed by atoms with E-state index in [0.717, 1.165) is 41.1 Å². The maximum absolute atomic E-state index is 6.77. The first-order valence-corrected chi connectivity index (χ1v) is 13.2. The molecule has 1 unspecified atom stereocenters. The molecule has 7 rings (SSSR count). The number of hydrogen-bond donors (Lipinski definition) is 1. The smallest absolute Gasteiger partial charge is 0.213 e. The summed E-state index contributed by atoms with van der Waals surface area (Å²) in [6, 6.07) is 24.2. The summed E-state index contributed by atoms with van der Waals surface area (Å²) in [4.78, 5) is 16.1. The second kappa shape index (κ2) is 9.09. The molecule has 0 spiro atoms. The summed E-state index contributed by atoms with van der Waals surface area (Å²) in [6.45, 7) is 0. The lowest BCUT2D eigenvalue weighted by Gasteiger charge is -2.48. The van der Waals surface area contributed by atoms with Gasteiger partial charge in [-0.3, -0.25) is 4.99 Å². The van der Waals surface area contributed by atoms with Crippen LogP contribution in [0.25, 0.3) is 17.2 Å². The normalized spacial score (nSPS) is 25.0. The van der Waals surface area contributed by atoms with Crippen LogP contribution < -0.4 is 5.73 Å². The molecule has 2 aromatic carbocycles. The lowest BCUT2D eigenvalue weighted by atomic mass is 9.68. The molecular formula is C31H28N8. The molecule has 4 aromatic rings. The molecule has 1 aliphatic carbocycles. The first-order valence-electron chi connectivity index (χ1n) is 13.2. The molecule has 2 aliphatic heterocycles. The van der Waals surface area contributed by atoms with E-state index in [-0.39, 0.29) is 17.5 Å². The third kappa shape index (κ3) is 3.98. The van der Waals surface area contributed by atoms with Crippen LogP contribution in [0.4, 0.5) is 0 Å². The van der Waals surface area contributed by atoms with E-state index >= 15 is 0 Å². The highest BCUT2D eigenvalue weighted by Gasteiger charge is 2.43. The topological polar surface area (TPSA) is 98.1 Å². The van der Waals surface area contributed by atoms with Crippen molar-refractivity contribution in [2.24, 2.45) is 10.7 Å². The van der Waals surface area contributed by atoms with Crippen molar-refractivity contribution in [1.29, 1.82) is 0 Å². The fourth-order valence-corrected chi connectivity index (χ4v) is 5.71. The maximum Gasteiger partial charge on any atom is 0.213 e. The molecule has 0 radical (unpaired) electrons. The van der Waals surface area contributed by atoms with E-state index in [0.29, 0.717) is 17.7 Å². The van der Waals surface area contributed by atoms with E-state index in [1.807, 2.05) is 18.2 Å². The molecule has 1 saturated carbocycles. The SMILES string of the molecule is CN(C)C1CC(N)(c2ccc(C3=NC4C#Cn5c(-c6ncccn6)nnc5[C@@H]4C=C3c3ccccc3)cc2)C1. The van der Waals surface area contributed by atoms with Crippen molar-refractivity contribution >= 4 is 11.3 Å². The Morgan fingerprint density at radius 3 is 2.38 bits per heavy atom. The van der Waals surface area contributed by atoms with E-state index in [4.69, 9.17) is 10.7 Å². The van der Waals surface area contributed by atoms with Crippen molar-refractivity contribution in [3.8, 4) is 23.6 Å². The van der Waals surface area contributed by atoms with Crippen molar-refractivity contribution in [2.75, 3.05) is 14.1 Å². The predicted octanol–water partition coefficient (Wildman–Crippen LogP) is 3.47. The van der Waals surface area contributed by atoms with Crippen LogP contribution in [0.3, 0.4) is 0 Å². The summed E-state index contributed by atoms with van der Waals surface area (Å²) in [5, 5.41) is 8.90. The average molecular weight is 513 g/mol. The molecule has 1 fully saturated rings. The summed E-state index contributed by atoms with van der Waals surface area (Å²) < 4.78 is 1.80. The highest BCUT2D eigenvalue weighted by molar-refractivity contribution is 6.32. The van der Waals surface area contributed by atoms with Gasteiger partial charge in [-0.05, 0) is 44.1 Å². The zero-order valence-corrected chi connectivity index (χ0v) is 21.9. The van der Waals surface area contributed by atoms with Gasteiger partial charge in [0.1, 0.15) is 6.04 Å². The van der Waals surface area contributed by atoms with Gasteiger partial charge in [0.25, 0.3) is 0 Å². The molecule has 2 aromatic heterocycles. The van der Waals surface area contributed by atoms with Gasteiger partial charge in [0.15, 0.2) is 11.6 Å². The molecule has 2 atom stereocenters. The summed E-state index contributed by atoms with van der Waals surface area (Å²) in [6.07, 6.45) is 7.54. The number of nitrogens with zero attached hydrogens (tertiary/aromatic N) is 7. The fourth-order valence-electron chi connectivity index (χ4n) is 5.71. The van der Waals surface area contributed by atoms with Gasteiger partial charge >= 0.3 is 0 Å². The Morgan fingerprint density at radius 1 is 0.923 bits per heavy atom. The van der Waals surface area contributed by atoms with Crippen LogP contribution in [0.5, 0.6) is 0 Å². The number of hydrogen-bond acceptors (Lipinski definition) is 7. The molecule has 0 saturated heterocycles. The van der Waals surface area contributed by atoms with Crippen molar-refractivity contribution in [3.63, 3.8) is 0 Å². The van der Waals surface area contributed by atoms with Gasteiger partial charge in [-0.1, -0.05) is 66.6 Å². The molecular weight excluding hydrogens is 484 g/mol. The number of aliphatic imine (C=N–C) groups is 1. The van der Waals surface area contributed by atoms with Crippen LogP contribution in [-0.4, -0.2) is 61.5 Å². The van der Waals surface area contributed by atoms with Crippen molar-refractivity contribution in [2.45, 2.75) is 36.4 Å². The molecule has 3 aliphatic rings. The van der Waals surface area contributed by atoms with Gasteiger partial charge < -0.3 is 10.6 Å². The molecule has 4 heterocycles. The minimum atomic E-state index is -0.274. The lowest BCUT2D eigenvalue weighted by molar-refractivity contribution is 0.0939. The molecule has 8 nitrogen and oxygen atoms in total. The monoisotopic (exact) mass is 512 g/mol. The van der Waals surface area contributed by atoms with Crippen LogP contribution in [0.15, 0.2) is 84.1 Å². The standard InChI is InChI=1S/C31H28N8/c1-38(2)23-18-31(32,19-23)22-11-9-21(10-12-22)27-24(20-7-4-3-5-8-20)17-25-26(35-27)13-16-39-29(25)36-37-30(39)28-33-14-6-15-34-28/h3-12,14-15,17,23,25-26H,18-19,32H2,1-2H3/t23?,25-,26?,31?/m1/s1. The molecule has 0 bridgehead atoms. The number of nitrogens with two attached hydrogens (primary N) is 1. The van der Waals surface area contributed by atoms with Crippen LogP contribution >= 0.6 is 0 Å². The Hall–Kier alpha value is -4.45. The molecule has 39 heavy (non-hydrogen) atoms. The molecule has 8 heteroatoms. The Kier molecular flexibility index (Phi) is 5.51. The largest absolute Gasteiger partial charge is 0.321 e. The van der Waals surface area contributed by atoms with Gasteiger partial charge in [0.2, 0.25) is 5.82 Å². The Labute approximate surface area is 227 Å². The quantitative estimate of drug-likeness (QED) is 0.411. The first kappa shape index (κ1) is 23.7. The third-order valence-electron chi connectivity index (χ3n) is 8.03. The lowest BCUT2D eigenvalue weighted by Crippen LogP contribution is -2.56. The molecule has 192 valence electrons. The number of allylic oxidation sites excluding steroid dienone is 1. The van der Waals surface area contributed by atoms with E-state index in [1.165, 1.54) is 5.56 Å². The Bertz CT molecular complexity index is 1650. The second-order valence-electron chi connectivity index (χ2n) is 10.7. The summed E-state index contributed by atoms with van der Waals surface area (Å²) in [7, 11) is 4.23. The van der Waals surface area contributed by atoms with Crippen molar-refractivity contribution in [3.05, 3.63) is 102 Å².